The Kier molecular flexibility index (Phi) is 4.41. The summed E-state index contributed by atoms with van der Waals surface area (Å²) in [7, 11) is 3.53. The third-order valence-corrected chi connectivity index (χ3v) is 3.22. The van der Waals surface area contributed by atoms with Crippen molar-refractivity contribution in [1.29, 1.82) is 0 Å². The molecule has 2 aromatic carbocycles. The van der Waals surface area contributed by atoms with Gasteiger partial charge in [-0.25, -0.2) is 0 Å². The first-order valence-electron chi connectivity index (χ1n) is 6.68. The number of amides is 1. The van der Waals surface area contributed by atoms with E-state index in [9.17, 15) is 4.79 Å². The molecule has 2 rings (SSSR count). The molecular formula is C17H20N2O. The number of rotatable bonds is 4. The van der Waals surface area contributed by atoms with E-state index in [0.717, 1.165) is 17.8 Å². The van der Waals surface area contributed by atoms with E-state index >= 15 is 0 Å². The summed E-state index contributed by atoms with van der Waals surface area (Å²) in [5.41, 5.74) is 4.06. The van der Waals surface area contributed by atoms with Crippen LogP contribution in [0.4, 0.5) is 5.69 Å². The zero-order valence-corrected chi connectivity index (χ0v) is 12.2. The molecule has 0 bridgehead atoms. The molecule has 0 saturated carbocycles. The second-order valence-corrected chi connectivity index (χ2v) is 5.07. The molecule has 2 aromatic rings. The third kappa shape index (κ3) is 3.38. The van der Waals surface area contributed by atoms with Gasteiger partial charge in [0, 0.05) is 31.9 Å². The van der Waals surface area contributed by atoms with Crippen molar-refractivity contribution in [1.82, 2.24) is 4.90 Å². The lowest BCUT2D eigenvalue weighted by Gasteiger charge is -2.14. The first kappa shape index (κ1) is 14.1. The highest BCUT2D eigenvalue weighted by molar-refractivity contribution is 5.95. The molecule has 0 spiro atoms. The lowest BCUT2D eigenvalue weighted by Crippen LogP contribution is -2.21. The van der Waals surface area contributed by atoms with E-state index in [1.165, 1.54) is 5.56 Å². The molecule has 0 fully saturated rings. The van der Waals surface area contributed by atoms with Crippen molar-refractivity contribution in [2.75, 3.05) is 19.4 Å². The molecule has 20 heavy (non-hydrogen) atoms. The van der Waals surface area contributed by atoms with Crippen LogP contribution >= 0.6 is 0 Å². The monoisotopic (exact) mass is 268 g/mol. The van der Waals surface area contributed by atoms with Crippen molar-refractivity contribution in [2.24, 2.45) is 0 Å². The summed E-state index contributed by atoms with van der Waals surface area (Å²) in [6.07, 6.45) is 0. The normalized spacial score (nSPS) is 10.2. The quantitative estimate of drug-likeness (QED) is 0.922. The molecule has 0 aliphatic heterocycles. The summed E-state index contributed by atoms with van der Waals surface area (Å²) in [5.74, 6) is 0.0211. The molecule has 0 aliphatic carbocycles. The average Bonchev–Trinajstić information content (AvgIpc) is 2.46. The van der Waals surface area contributed by atoms with E-state index in [0.29, 0.717) is 5.56 Å². The van der Waals surface area contributed by atoms with Crippen LogP contribution in [0.1, 0.15) is 21.5 Å². The number of aryl methyl sites for hydroxylation is 1. The van der Waals surface area contributed by atoms with Crippen molar-refractivity contribution in [3.63, 3.8) is 0 Å². The maximum absolute atomic E-state index is 12.0. The van der Waals surface area contributed by atoms with Gasteiger partial charge in [-0.1, -0.05) is 36.4 Å². The van der Waals surface area contributed by atoms with Gasteiger partial charge in [-0.15, -0.1) is 0 Å². The number of hydrogen-bond acceptors (Lipinski definition) is 2. The van der Waals surface area contributed by atoms with Gasteiger partial charge in [0.1, 0.15) is 0 Å². The number of carbonyl (C=O) groups is 1. The molecule has 104 valence electrons. The van der Waals surface area contributed by atoms with Crippen molar-refractivity contribution in [2.45, 2.75) is 13.5 Å². The summed E-state index contributed by atoms with van der Waals surface area (Å²) in [6.45, 7) is 2.79. The standard InChI is InChI=1S/C17H20N2O/c1-13-9-10-15(17(20)19(2)3)11-16(13)18-12-14-7-5-4-6-8-14/h4-11,18H,12H2,1-3H3. The van der Waals surface area contributed by atoms with Crippen molar-refractivity contribution < 1.29 is 4.79 Å². The number of anilines is 1. The van der Waals surface area contributed by atoms with E-state index in [-0.39, 0.29) is 5.91 Å². The Labute approximate surface area is 120 Å². The van der Waals surface area contributed by atoms with Crippen LogP contribution in [0.5, 0.6) is 0 Å². The molecule has 1 N–H and O–H groups in total. The molecule has 0 radical (unpaired) electrons. The number of nitrogens with zero attached hydrogens (tertiary/aromatic N) is 1. The van der Waals surface area contributed by atoms with Crippen molar-refractivity contribution >= 4 is 11.6 Å². The minimum atomic E-state index is 0.0211. The van der Waals surface area contributed by atoms with Crippen LogP contribution in [0.2, 0.25) is 0 Å². The molecule has 0 unspecified atom stereocenters. The largest absolute Gasteiger partial charge is 0.381 e. The molecular weight excluding hydrogens is 248 g/mol. The third-order valence-electron chi connectivity index (χ3n) is 3.22. The van der Waals surface area contributed by atoms with Gasteiger partial charge in [-0.2, -0.15) is 0 Å². The predicted octanol–water partition coefficient (Wildman–Crippen LogP) is 3.31. The highest BCUT2D eigenvalue weighted by Gasteiger charge is 2.09. The highest BCUT2D eigenvalue weighted by atomic mass is 16.2. The second-order valence-electron chi connectivity index (χ2n) is 5.07. The SMILES string of the molecule is Cc1ccc(C(=O)N(C)C)cc1NCc1ccccc1. The first-order chi connectivity index (χ1) is 9.58. The summed E-state index contributed by atoms with van der Waals surface area (Å²) < 4.78 is 0. The van der Waals surface area contributed by atoms with Gasteiger partial charge >= 0.3 is 0 Å². The maximum Gasteiger partial charge on any atom is 0.253 e. The average molecular weight is 268 g/mol. The summed E-state index contributed by atoms with van der Waals surface area (Å²) >= 11 is 0. The molecule has 0 heterocycles. The van der Waals surface area contributed by atoms with Crippen LogP contribution in [0, 0.1) is 6.92 Å². The van der Waals surface area contributed by atoms with Gasteiger partial charge in [-0.05, 0) is 30.2 Å². The highest BCUT2D eigenvalue weighted by Crippen LogP contribution is 2.18. The molecule has 0 aliphatic rings. The Morgan fingerprint density at radius 3 is 2.45 bits per heavy atom. The predicted molar refractivity (Wildman–Crippen MR) is 83.0 cm³/mol. The Bertz CT molecular complexity index is 591. The Morgan fingerprint density at radius 1 is 1.10 bits per heavy atom. The van der Waals surface area contributed by atoms with Crippen LogP contribution in [0.15, 0.2) is 48.5 Å². The minimum Gasteiger partial charge on any atom is -0.381 e. The van der Waals surface area contributed by atoms with Crippen molar-refractivity contribution in [3.8, 4) is 0 Å². The van der Waals surface area contributed by atoms with Gasteiger partial charge in [0.25, 0.3) is 5.91 Å². The Hall–Kier alpha value is -2.29. The van der Waals surface area contributed by atoms with Crippen LogP contribution in [0.25, 0.3) is 0 Å². The van der Waals surface area contributed by atoms with Crippen LogP contribution in [0.3, 0.4) is 0 Å². The van der Waals surface area contributed by atoms with Crippen LogP contribution in [-0.4, -0.2) is 24.9 Å². The van der Waals surface area contributed by atoms with E-state index in [2.05, 4.69) is 17.4 Å². The van der Waals surface area contributed by atoms with Gasteiger partial charge in [0.15, 0.2) is 0 Å². The van der Waals surface area contributed by atoms with E-state index in [1.54, 1.807) is 19.0 Å². The summed E-state index contributed by atoms with van der Waals surface area (Å²) in [5, 5.41) is 3.39. The number of carbonyl (C=O) groups excluding carboxylic acids is 1. The lowest BCUT2D eigenvalue weighted by atomic mass is 10.1. The summed E-state index contributed by atoms with van der Waals surface area (Å²) in [6, 6.07) is 16.0. The molecule has 3 nitrogen and oxygen atoms in total. The van der Waals surface area contributed by atoms with Crippen LogP contribution < -0.4 is 5.32 Å². The Morgan fingerprint density at radius 2 is 1.80 bits per heavy atom. The van der Waals surface area contributed by atoms with Gasteiger partial charge in [0.05, 0.1) is 0 Å². The topological polar surface area (TPSA) is 32.3 Å². The first-order valence-corrected chi connectivity index (χ1v) is 6.68. The number of hydrogen-bond donors (Lipinski definition) is 1. The molecule has 0 saturated heterocycles. The zero-order chi connectivity index (χ0) is 14.5. The Balaban J connectivity index is 2.15. The fourth-order valence-electron chi connectivity index (χ4n) is 2.00. The maximum atomic E-state index is 12.0. The van der Waals surface area contributed by atoms with Gasteiger partial charge < -0.3 is 10.2 Å². The van der Waals surface area contributed by atoms with Gasteiger partial charge in [-0.3, -0.25) is 4.79 Å². The lowest BCUT2D eigenvalue weighted by molar-refractivity contribution is 0.0827. The molecule has 1 amide bonds. The van der Waals surface area contributed by atoms with Crippen molar-refractivity contribution in [3.05, 3.63) is 65.2 Å². The smallest absolute Gasteiger partial charge is 0.253 e. The fraction of sp³-hybridized carbons (Fsp3) is 0.235. The van der Waals surface area contributed by atoms with E-state index in [1.807, 2.05) is 43.3 Å². The minimum absolute atomic E-state index is 0.0211. The second kappa shape index (κ2) is 6.24. The molecule has 0 aromatic heterocycles. The summed E-state index contributed by atoms with van der Waals surface area (Å²) in [4.78, 5) is 13.6. The molecule has 3 heteroatoms. The van der Waals surface area contributed by atoms with Gasteiger partial charge in [0.2, 0.25) is 0 Å². The zero-order valence-electron chi connectivity index (χ0n) is 12.2. The van der Waals surface area contributed by atoms with Crippen LogP contribution in [-0.2, 0) is 6.54 Å². The molecule has 0 atom stereocenters. The number of nitrogens with one attached hydrogen (secondary N) is 1. The van der Waals surface area contributed by atoms with E-state index < -0.39 is 0 Å². The van der Waals surface area contributed by atoms with E-state index in [4.69, 9.17) is 0 Å². The fourth-order valence-corrected chi connectivity index (χ4v) is 2.00. The number of benzene rings is 2.